The average Bonchev–Trinajstić information content (AvgIpc) is 3.03. The Morgan fingerprint density at radius 3 is 2.83 bits per heavy atom. The van der Waals surface area contributed by atoms with Gasteiger partial charge in [0, 0.05) is 38.3 Å². The summed E-state index contributed by atoms with van der Waals surface area (Å²) < 4.78 is 0. The van der Waals surface area contributed by atoms with Crippen LogP contribution in [0.5, 0.6) is 0 Å². The molecule has 7 nitrogen and oxygen atoms in total. The van der Waals surface area contributed by atoms with Crippen LogP contribution in [0.2, 0.25) is 0 Å². The standard InChI is InChI=1S/C16H19N5O2/c22-10-5-16(14(23)20-13-3-1-6-17-11-13)4-9-21(12-16)15-18-7-2-8-19-15/h1-3,6-8,11,22H,4-5,9-10,12H2,(H,20,23). The Balaban J connectivity index is 1.77. The van der Waals surface area contributed by atoms with Crippen molar-refractivity contribution < 1.29 is 9.90 Å². The van der Waals surface area contributed by atoms with Crippen LogP contribution in [0.25, 0.3) is 0 Å². The van der Waals surface area contributed by atoms with Crippen LogP contribution in [0.1, 0.15) is 12.8 Å². The summed E-state index contributed by atoms with van der Waals surface area (Å²) in [6.07, 6.45) is 7.69. The molecule has 2 aromatic rings. The highest BCUT2D eigenvalue weighted by molar-refractivity contribution is 5.96. The molecule has 0 bridgehead atoms. The average molecular weight is 313 g/mol. The quantitative estimate of drug-likeness (QED) is 0.858. The molecule has 1 aliphatic rings. The molecule has 0 aromatic carbocycles. The number of hydrogen-bond donors (Lipinski definition) is 2. The number of carbonyl (C=O) groups excluding carboxylic acids is 1. The smallest absolute Gasteiger partial charge is 0.232 e. The molecule has 2 aromatic heterocycles. The summed E-state index contributed by atoms with van der Waals surface area (Å²) >= 11 is 0. The van der Waals surface area contributed by atoms with Crippen LogP contribution in [0.3, 0.4) is 0 Å². The number of anilines is 2. The van der Waals surface area contributed by atoms with Crippen LogP contribution in [0, 0.1) is 5.41 Å². The van der Waals surface area contributed by atoms with E-state index >= 15 is 0 Å². The SMILES string of the molecule is O=C(Nc1cccnc1)C1(CCO)CCN(c2ncccn2)C1. The van der Waals surface area contributed by atoms with Crippen molar-refractivity contribution in [1.82, 2.24) is 15.0 Å². The van der Waals surface area contributed by atoms with E-state index in [9.17, 15) is 9.90 Å². The zero-order valence-corrected chi connectivity index (χ0v) is 12.7. The number of rotatable bonds is 5. The lowest BCUT2D eigenvalue weighted by Gasteiger charge is -2.27. The molecule has 1 fully saturated rings. The summed E-state index contributed by atoms with van der Waals surface area (Å²) in [6.45, 7) is 1.14. The maximum absolute atomic E-state index is 12.8. The molecule has 3 heterocycles. The van der Waals surface area contributed by atoms with Gasteiger partial charge in [0.15, 0.2) is 0 Å². The molecule has 0 spiro atoms. The van der Waals surface area contributed by atoms with E-state index in [-0.39, 0.29) is 12.5 Å². The van der Waals surface area contributed by atoms with Crippen LogP contribution in [0.15, 0.2) is 43.0 Å². The zero-order valence-electron chi connectivity index (χ0n) is 12.7. The van der Waals surface area contributed by atoms with E-state index in [1.165, 1.54) is 0 Å². The highest BCUT2D eigenvalue weighted by Crippen LogP contribution is 2.36. The number of carbonyl (C=O) groups is 1. The van der Waals surface area contributed by atoms with E-state index in [4.69, 9.17) is 0 Å². The van der Waals surface area contributed by atoms with Gasteiger partial charge in [-0.05, 0) is 31.0 Å². The Kier molecular flexibility index (Phi) is 4.47. The number of aromatic nitrogens is 3. The topological polar surface area (TPSA) is 91.2 Å². The van der Waals surface area contributed by atoms with Crippen molar-refractivity contribution in [1.29, 1.82) is 0 Å². The minimum absolute atomic E-state index is 0.0378. The molecule has 0 aliphatic carbocycles. The Morgan fingerprint density at radius 1 is 1.30 bits per heavy atom. The molecule has 120 valence electrons. The highest BCUT2D eigenvalue weighted by Gasteiger charge is 2.44. The molecule has 3 rings (SSSR count). The predicted octanol–water partition coefficient (Wildman–Crippen LogP) is 1.09. The number of nitrogens with one attached hydrogen (secondary N) is 1. The lowest BCUT2D eigenvalue weighted by Crippen LogP contribution is -2.40. The normalized spacial score (nSPS) is 20.5. The third kappa shape index (κ3) is 3.29. The molecule has 1 unspecified atom stereocenters. The van der Waals surface area contributed by atoms with Gasteiger partial charge in [0.2, 0.25) is 11.9 Å². The summed E-state index contributed by atoms with van der Waals surface area (Å²) in [5.74, 6) is 0.513. The van der Waals surface area contributed by atoms with Crippen LogP contribution in [-0.2, 0) is 4.79 Å². The number of amides is 1. The van der Waals surface area contributed by atoms with Crippen molar-refractivity contribution in [3.8, 4) is 0 Å². The van der Waals surface area contributed by atoms with Crippen LogP contribution in [-0.4, -0.2) is 45.7 Å². The Hall–Kier alpha value is -2.54. The first-order valence-corrected chi connectivity index (χ1v) is 7.58. The van der Waals surface area contributed by atoms with Crippen LogP contribution in [0.4, 0.5) is 11.6 Å². The maximum Gasteiger partial charge on any atom is 0.232 e. The van der Waals surface area contributed by atoms with Crippen molar-refractivity contribution >= 4 is 17.5 Å². The second kappa shape index (κ2) is 6.70. The lowest BCUT2D eigenvalue weighted by atomic mass is 9.82. The van der Waals surface area contributed by atoms with E-state index in [1.54, 1.807) is 43.0 Å². The van der Waals surface area contributed by atoms with E-state index in [2.05, 4.69) is 20.3 Å². The van der Waals surface area contributed by atoms with Gasteiger partial charge in [-0.15, -0.1) is 0 Å². The largest absolute Gasteiger partial charge is 0.396 e. The number of aliphatic hydroxyl groups excluding tert-OH is 1. The Bertz CT molecular complexity index is 652. The van der Waals surface area contributed by atoms with Gasteiger partial charge in [0.1, 0.15) is 0 Å². The van der Waals surface area contributed by atoms with Crippen molar-refractivity contribution in [2.24, 2.45) is 5.41 Å². The molecule has 1 amide bonds. The number of hydrogen-bond acceptors (Lipinski definition) is 6. The van der Waals surface area contributed by atoms with Gasteiger partial charge in [-0.3, -0.25) is 9.78 Å². The van der Waals surface area contributed by atoms with Crippen molar-refractivity contribution in [2.75, 3.05) is 29.9 Å². The van der Waals surface area contributed by atoms with Gasteiger partial charge in [0.05, 0.1) is 17.3 Å². The van der Waals surface area contributed by atoms with Gasteiger partial charge >= 0.3 is 0 Å². The predicted molar refractivity (Wildman–Crippen MR) is 85.9 cm³/mol. The Morgan fingerprint density at radius 2 is 2.13 bits per heavy atom. The summed E-state index contributed by atoms with van der Waals surface area (Å²) in [6, 6.07) is 5.33. The summed E-state index contributed by atoms with van der Waals surface area (Å²) in [7, 11) is 0. The zero-order chi connectivity index (χ0) is 16.1. The Labute approximate surface area is 134 Å². The first-order chi connectivity index (χ1) is 11.2. The van der Waals surface area contributed by atoms with Crippen molar-refractivity contribution in [3.63, 3.8) is 0 Å². The van der Waals surface area contributed by atoms with E-state index in [1.807, 2.05) is 4.90 Å². The van der Waals surface area contributed by atoms with E-state index in [0.29, 0.717) is 37.6 Å². The molecule has 23 heavy (non-hydrogen) atoms. The minimum Gasteiger partial charge on any atom is -0.396 e. The number of pyridine rings is 1. The summed E-state index contributed by atoms with van der Waals surface area (Å²) in [5, 5.41) is 12.3. The van der Waals surface area contributed by atoms with Gasteiger partial charge < -0.3 is 15.3 Å². The van der Waals surface area contributed by atoms with E-state index < -0.39 is 5.41 Å². The highest BCUT2D eigenvalue weighted by atomic mass is 16.3. The fraction of sp³-hybridized carbons (Fsp3) is 0.375. The molecule has 0 radical (unpaired) electrons. The van der Waals surface area contributed by atoms with Gasteiger partial charge in [-0.1, -0.05) is 0 Å². The number of aliphatic hydroxyl groups is 1. The first kappa shape index (κ1) is 15.4. The molecule has 1 atom stereocenters. The minimum atomic E-state index is -0.649. The number of nitrogens with zero attached hydrogens (tertiary/aromatic N) is 4. The third-order valence-corrected chi connectivity index (χ3v) is 4.18. The van der Waals surface area contributed by atoms with Crippen LogP contribution >= 0.6 is 0 Å². The van der Waals surface area contributed by atoms with Crippen LogP contribution < -0.4 is 10.2 Å². The van der Waals surface area contributed by atoms with Gasteiger partial charge in [0.25, 0.3) is 0 Å². The second-order valence-corrected chi connectivity index (χ2v) is 5.67. The fourth-order valence-corrected chi connectivity index (χ4v) is 2.91. The lowest BCUT2D eigenvalue weighted by molar-refractivity contribution is -0.125. The fourth-order valence-electron chi connectivity index (χ4n) is 2.91. The van der Waals surface area contributed by atoms with Crippen molar-refractivity contribution in [3.05, 3.63) is 43.0 Å². The maximum atomic E-state index is 12.8. The third-order valence-electron chi connectivity index (χ3n) is 4.18. The summed E-state index contributed by atoms with van der Waals surface area (Å²) in [5.41, 5.74) is 0.00768. The molecule has 0 saturated carbocycles. The molecular weight excluding hydrogens is 294 g/mol. The first-order valence-electron chi connectivity index (χ1n) is 7.58. The molecular formula is C16H19N5O2. The van der Waals surface area contributed by atoms with Gasteiger partial charge in [-0.25, -0.2) is 9.97 Å². The van der Waals surface area contributed by atoms with E-state index in [0.717, 1.165) is 0 Å². The molecule has 7 heteroatoms. The molecule has 1 saturated heterocycles. The summed E-state index contributed by atoms with van der Waals surface area (Å²) in [4.78, 5) is 27.3. The van der Waals surface area contributed by atoms with Gasteiger partial charge in [-0.2, -0.15) is 0 Å². The monoisotopic (exact) mass is 313 g/mol. The molecule has 1 aliphatic heterocycles. The molecule has 2 N–H and O–H groups in total. The second-order valence-electron chi connectivity index (χ2n) is 5.67. The van der Waals surface area contributed by atoms with Crippen molar-refractivity contribution in [2.45, 2.75) is 12.8 Å².